The van der Waals surface area contributed by atoms with E-state index in [4.69, 9.17) is 10.7 Å². The molecule has 0 bridgehead atoms. The Labute approximate surface area is 174 Å². The predicted molar refractivity (Wildman–Crippen MR) is 119 cm³/mol. The minimum absolute atomic E-state index is 0.0555. The molecule has 2 aromatic heterocycles. The van der Waals surface area contributed by atoms with E-state index >= 15 is 0 Å². The Bertz CT molecular complexity index is 1150. The highest BCUT2D eigenvalue weighted by Gasteiger charge is 2.20. The average molecular weight is 406 g/mol. The number of nitrogens with zero attached hydrogens (tertiary/aromatic N) is 6. The van der Waals surface area contributed by atoms with Crippen molar-refractivity contribution in [3.05, 3.63) is 59.9 Å². The van der Waals surface area contributed by atoms with Gasteiger partial charge in [-0.2, -0.15) is 15.0 Å². The number of hydrogen-bond acceptors (Lipinski definition) is 7. The van der Waals surface area contributed by atoms with Crippen LogP contribution >= 0.6 is 11.8 Å². The Hall–Kier alpha value is -3.13. The Kier molecular flexibility index (Phi) is 5.10. The Morgan fingerprint density at radius 2 is 1.69 bits per heavy atom. The lowest BCUT2D eigenvalue weighted by molar-refractivity contribution is 0.852. The zero-order valence-electron chi connectivity index (χ0n) is 16.9. The largest absolute Gasteiger partial charge is 0.368 e. The van der Waals surface area contributed by atoms with Crippen LogP contribution in [0.1, 0.15) is 23.6 Å². The number of thioether (sulfide) groups is 1. The number of anilines is 2. The van der Waals surface area contributed by atoms with E-state index in [0.29, 0.717) is 11.8 Å². The molecule has 29 heavy (non-hydrogen) atoms. The van der Waals surface area contributed by atoms with Gasteiger partial charge < -0.3 is 10.6 Å². The monoisotopic (exact) mass is 405 g/mol. The molecule has 148 valence electrons. The quantitative estimate of drug-likeness (QED) is 0.502. The van der Waals surface area contributed by atoms with Crippen LogP contribution in [0, 0.1) is 6.92 Å². The maximum atomic E-state index is 5.91. The van der Waals surface area contributed by atoms with Crippen molar-refractivity contribution in [1.82, 2.24) is 24.5 Å². The summed E-state index contributed by atoms with van der Waals surface area (Å²) in [4.78, 5) is 19.8. The van der Waals surface area contributed by atoms with Gasteiger partial charge in [0.2, 0.25) is 11.9 Å². The highest BCUT2D eigenvalue weighted by molar-refractivity contribution is 7.99. The number of rotatable bonds is 5. The first-order valence-corrected chi connectivity index (χ1v) is 10.2. The highest BCUT2D eigenvalue weighted by Crippen LogP contribution is 2.36. The SMILES string of the molecule is Cc1ccc(-n2c(SC(C)c3nc(N)nc(N(C)C)n3)nc3ccccc32)cc1. The number of fused-ring (bicyclic) bond motifs is 1. The third-order valence-corrected chi connectivity index (χ3v) is 5.58. The number of hydrogen-bond donors (Lipinski definition) is 1. The summed E-state index contributed by atoms with van der Waals surface area (Å²) in [5, 5.41) is 0.827. The van der Waals surface area contributed by atoms with Crippen molar-refractivity contribution in [2.24, 2.45) is 0 Å². The van der Waals surface area contributed by atoms with E-state index in [1.165, 1.54) is 5.56 Å². The fourth-order valence-electron chi connectivity index (χ4n) is 3.02. The summed E-state index contributed by atoms with van der Waals surface area (Å²) >= 11 is 1.60. The minimum Gasteiger partial charge on any atom is -0.368 e. The molecule has 0 aliphatic heterocycles. The lowest BCUT2D eigenvalue weighted by atomic mass is 10.2. The number of benzene rings is 2. The Morgan fingerprint density at radius 3 is 2.41 bits per heavy atom. The zero-order chi connectivity index (χ0) is 20.5. The maximum absolute atomic E-state index is 5.91. The average Bonchev–Trinajstić information content (AvgIpc) is 3.06. The molecule has 4 rings (SSSR count). The van der Waals surface area contributed by atoms with Gasteiger partial charge in [0.1, 0.15) is 5.82 Å². The van der Waals surface area contributed by atoms with Gasteiger partial charge in [0, 0.05) is 19.8 Å². The van der Waals surface area contributed by atoms with E-state index in [-0.39, 0.29) is 11.2 Å². The van der Waals surface area contributed by atoms with Crippen LogP contribution in [-0.2, 0) is 0 Å². The number of aromatic nitrogens is 5. The van der Waals surface area contributed by atoms with E-state index in [1.807, 2.05) is 37.2 Å². The van der Waals surface area contributed by atoms with E-state index in [2.05, 4.69) is 63.7 Å². The van der Waals surface area contributed by atoms with Crippen LogP contribution in [-0.4, -0.2) is 38.6 Å². The lowest BCUT2D eigenvalue weighted by Gasteiger charge is -2.15. The first-order chi connectivity index (χ1) is 13.9. The Balaban J connectivity index is 1.77. The number of imidazole rings is 1. The fraction of sp³-hybridized carbons (Fsp3) is 0.238. The summed E-state index contributed by atoms with van der Waals surface area (Å²) in [6.45, 7) is 4.14. The second kappa shape index (κ2) is 7.71. The molecular formula is C21H23N7S. The third-order valence-electron chi connectivity index (χ3n) is 4.53. The van der Waals surface area contributed by atoms with Crippen LogP contribution < -0.4 is 10.6 Å². The van der Waals surface area contributed by atoms with Crippen molar-refractivity contribution in [2.45, 2.75) is 24.3 Å². The highest BCUT2D eigenvalue weighted by atomic mass is 32.2. The van der Waals surface area contributed by atoms with Crippen molar-refractivity contribution < 1.29 is 0 Å². The molecule has 2 heterocycles. The third kappa shape index (κ3) is 3.88. The van der Waals surface area contributed by atoms with Gasteiger partial charge in [0.15, 0.2) is 5.16 Å². The molecule has 0 spiro atoms. The second-order valence-electron chi connectivity index (χ2n) is 7.06. The van der Waals surface area contributed by atoms with Gasteiger partial charge in [-0.05, 0) is 38.1 Å². The molecule has 0 aliphatic rings. The van der Waals surface area contributed by atoms with Gasteiger partial charge in [-0.3, -0.25) is 4.57 Å². The van der Waals surface area contributed by atoms with E-state index in [1.54, 1.807) is 11.8 Å². The number of para-hydroxylation sites is 2. The molecular weight excluding hydrogens is 382 g/mol. The van der Waals surface area contributed by atoms with Gasteiger partial charge in [-0.25, -0.2) is 4.98 Å². The van der Waals surface area contributed by atoms with Crippen LogP contribution in [0.2, 0.25) is 0 Å². The molecule has 4 aromatic rings. The standard InChI is InChI=1S/C21H23N7S/c1-13-9-11-15(12-10-13)28-17-8-6-5-7-16(17)23-21(28)29-14(2)18-24-19(22)26-20(25-18)27(3)4/h5-12,14H,1-4H3,(H2,22,24,25,26). The fourth-order valence-corrected chi connectivity index (χ4v) is 4.00. The molecule has 2 N–H and O–H groups in total. The molecule has 0 radical (unpaired) electrons. The normalized spacial score (nSPS) is 12.3. The molecule has 2 aromatic carbocycles. The molecule has 0 saturated carbocycles. The molecule has 0 fully saturated rings. The summed E-state index contributed by atoms with van der Waals surface area (Å²) in [7, 11) is 3.76. The zero-order valence-corrected chi connectivity index (χ0v) is 17.7. The summed E-state index contributed by atoms with van der Waals surface area (Å²) < 4.78 is 2.17. The van der Waals surface area contributed by atoms with Crippen LogP contribution in [0.3, 0.4) is 0 Å². The van der Waals surface area contributed by atoms with E-state index in [0.717, 1.165) is 21.9 Å². The maximum Gasteiger partial charge on any atom is 0.229 e. The predicted octanol–water partition coefficient (Wildman–Crippen LogP) is 4.02. The van der Waals surface area contributed by atoms with Crippen molar-refractivity contribution in [1.29, 1.82) is 0 Å². The lowest BCUT2D eigenvalue weighted by Crippen LogP contribution is -2.16. The molecule has 1 atom stereocenters. The first-order valence-electron chi connectivity index (χ1n) is 9.32. The topological polar surface area (TPSA) is 85.8 Å². The molecule has 1 unspecified atom stereocenters. The van der Waals surface area contributed by atoms with E-state index < -0.39 is 0 Å². The summed E-state index contributed by atoms with van der Waals surface area (Å²) in [6.07, 6.45) is 0. The molecule has 8 heteroatoms. The van der Waals surface area contributed by atoms with Crippen molar-refractivity contribution >= 4 is 34.7 Å². The van der Waals surface area contributed by atoms with Gasteiger partial charge in [0.25, 0.3) is 0 Å². The number of nitrogens with two attached hydrogens (primary N) is 1. The summed E-state index contributed by atoms with van der Waals surface area (Å²) in [5.41, 5.74) is 10.2. The number of aryl methyl sites for hydroxylation is 1. The van der Waals surface area contributed by atoms with Crippen LogP contribution in [0.15, 0.2) is 53.7 Å². The van der Waals surface area contributed by atoms with Gasteiger partial charge in [-0.1, -0.05) is 41.6 Å². The van der Waals surface area contributed by atoms with Crippen LogP contribution in [0.4, 0.5) is 11.9 Å². The molecule has 0 amide bonds. The summed E-state index contributed by atoms with van der Waals surface area (Å²) in [5.74, 6) is 1.40. The number of nitrogen functional groups attached to an aromatic ring is 1. The Morgan fingerprint density at radius 1 is 0.966 bits per heavy atom. The van der Waals surface area contributed by atoms with Crippen LogP contribution in [0.5, 0.6) is 0 Å². The first kappa shape index (κ1) is 19.2. The molecule has 7 nitrogen and oxygen atoms in total. The van der Waals surface area contributed by atoms with Gasteiger partial charge in [-0.15, -0.1) is 0 Å². The van der Waals surface area contributed by atoms with E-state index in [9.17, 15) is 0 Å². The van der Waals surface area contributed by atoms with Crippen LogP contribution in [0.25, 0.3) is 16.7 Å². The summed E-state index contributed by atoms with van der Waals surface area (Å²) in [6, 6.07) is 16.6. The van der Waals surface area contributed by atoms with Gasteiger partial charge >= 0.3 is 0 Å². The molecule has 0 saturated heterocycles. The van der Waals surface area contributed by atoms with Crippen molar-refractivity contribution in [3.8, 4) is 5.69 Å². The minimum atomic E-state index is -0.0555. The molecule has 0 aliphatic carbocycles. The van der Waals surface area contributed by atoms with Crippen molar-refractivity contribution in [2.75, 3.05) is 24.7 Å². The van der Waals surface area contributed by atoms with Gasteiger partial charge in [0.05, 0.1) is 16.3 Å². The smallest absolute Gasteiger partial charge is 0.229 e. The second-order valence-corrected chi connectivity index (χ2v) is 8.37. The van der Waals surface area contributed by atoms with Crippen molar-refractivity contribution in [3.63, 3.8) is 0 Å².